The number of nitrogens with zero attached hydrogens (tertiary/aromatic N) is 4. The molecule has 10 heteroatoms. The van der Waals surface area contributed by atoms with Crippen LogP contribution in [-0.2, 0) is 20.9 Å². The molecule has 0 radical (unpaired) electrons. The minimum atomic E-state index is -0.468. The summed E-state index contributed by atoms with van der Waals surface area (Å²) in [7, 11) is 0. The normalized spacial score (nSPS) is 13.9. The van der Waals surface area contributed by atoms with E-state index in [1.165, 1.54) is 6.92 Å². The Bertz CT molecular complexity index is 851. The molecule has 1 fully saturated rings. The van der Waals surface area contributed by atoms with Crippen molar-refractivity contribution in [1.29, 1.82) is 0 Å². The molecule has 0 spiro atoms. The van der Waals surface area contributed by atoms with E-state index < -0.39 is 5.97 Å². The van der Waals surface area contributed by atoms with E-state index in [2.05, 4.69) is 9.97 Å². The van der Waals surface area contributed by atoms with Crippen molar-refractivity contribution in [2.24, 2.45) is 0 Å². The van der Waals surface area contributed by atoms with Gasteiger partial charge in [0.1, 0.15) is 6.61 Å². The fraction of sp³-hybridized carbons (Fsp3) is 0.368. The first-order valence-electron chi connectivity index (χ1n) is 8.98. The molecule has 0 atom stereocenters. The number of aromatic nitrogens is 2. The van der Waals surface area contributed by atoms with Gasteiger partial charge in [0, 0.05) is 48.7 Å². The Balaban J connectivity index is 1.51. The van der Waals surface area contributed by atoms with E-state index in [-0.39, 0.29) is 19.1 Å². The molecule has 0 unspecified atom stereocenters. The van der Waals surface area contributed by atoms with Gasteiger partial charge in [0.25, 0.3) is 5.91 Å². The lowest BCUT2D eigenvalue weighted by Gasteiger charge is -2.34. The highest BCUT2D eigenvalue weighted by Gasteiger charge is 2.23. The van der Waals surface area contributed by atoms with Gasteiger partial charge >= 0.3 is 5.97 Å². The molecule has 1 aromatic carbocycles. The van der Waals surface area contributed by atoms with Gasteiger partial charge in [0.2, 0.25) is 5.95 Å². The highest BCUT2D eigenvalue weighted by Crippen LogP contribution is 2.25. The largest absolute Gasteiger partial charge is 0.486 e. The molecule has 3 rings (SSSR count). The number of rotatable bonds is 6. The van der Waals surface area contributed by atoms with Gasteiger partial charge < -0.3 is 19.3 Å². The number of benzene rings is 1. The fourth-order valence-corrected chi connectivity index (χ4v) is 3.29. The minimum Gasteiger partial charge on any atom is -0.486 e. The van der Waals surface area contributed by atoms with Crippen LogP contribution in [0.25, 0.3) is 0 Å². The Hall–Kier alpha value is -2.58. The Labute approximate surface area is 178 Å². The SMILES string of the molecule is CC(=O)OCC(=O)N1CCN(c2ncc(OCc3c(Cl)cccc3Cl)cn2)CC1. The number of hydrogen-bond donors (Lipinski definition) is 0. The molecule has 8 nitrogen and oxygen atoms in total. The first-order valence-corrected chi connectivity index (χ1v) is 9.73. The topological polar surface area (TPSA) is 84.9 Å². The van der Waals surface area contributed by atoms with Crippen molar-refractivity contribution >= 4 is 41.0 Å². The summed E-state index contributed by atoms with van der Waals surface area (Å²) in [5.74, 6) is 0.382. The zero-order valence-electron chi connectivity index (χ0n) is 15.8. The lowest BCUT2D eigenvalue weighted by molar-refractivity contribution is -0.150. The zero-order valence-corrected chi connectivity index (χ0v) is 17.3. The summed E-state index contributed by atoms with van der Waals surface area (Å²) in [6.07, 6.45) is 3.18. The third-order valence-corrected chi connectivity index (χ3v) is 5.08. The summed E-state index contributed by atoms with van der Waals surface area (Å²) in [5, 5.41) is 1.08. The number of carbonyl (C=O) groups excluding carboxylic acids is 2. The predicted octanol–water partition coefficient (Wildman–Crippen LogP) is 2.57. The quantitative estimate of drug-likeness (QED) is 0.640. The van der Waals surface area contributed by atoms with Gasteiger partial charge in [-0.1, -0.05) is 29.3 Å². The van der Waals surface area contributed by atoms with Crippen LogP contribution >= 0.6 is 23.2 Å². The van der Waals surface area contributed by atoms with E-state index in [0.29, 0.717) is 53.5 Å². The molecule has 29 heavy (non-hydrogen) atoms. The van der Waals surface area contributed by atoms with Crippen molar-refractivity contribution < 1.29 is 19.1 Å². The number of ether oxygens (including phenoxy) is 2. The summed E-state index contributed by atoms with van der Waals surface area (Å²) in [6.45, 7) is 3.44. The maximum Gasteiger partial charge on any atom is 0.303 e. The molecule has 1 aromatic heterocycles. The van der Waals surface area contributed by atoms with E-state index in [4.69, 9.17) is 32.7 Å². The molecule has 1 amide bonds. The highest BCUT2D eigenvalue weighted by atomic mass is 35.5. The third kappa shape index (κ3) is 5.71. The fourth-order valence-electron chi connectivity index (χ4n) is 2.78. The van der Waals surface area contributed by atoms with Gasteiger partial charge in [-0.05, 0) is 12.1 Å². The van der Waals surface area contributed by atoms with Crippen molar-refractivity contribution in [2.45, 2.75) is 13.5 Å². The van der Waals surface area contributed by atoms with Crippen molar-refractivity contribution in [3.8, 4) is 5.75 Å². The number of carbonyl (C=O) groups is 2. The first-order chi connectivity index (χ1) is 13.9. The molecule has 1 aliphatic heterocycles. The average Bonchev–Trinajstić information content (AvgIpc) is 2.72. The number of piperazine rings is 1. The second-order valence-electron chi connectivity index (χ2n) is 6.36. The number of hydrogen-bond acceptors (Lipinski definition) is 7. The van der Waals surface area contributed by atoms with Crippen LogP contribution in [0.4, 0.5) is 5.95 Å². The Kier molecular flexibility index (Phi) is 7.11. The Morgan fingerprint density at radius 2 is 1.69 bits per heavy atom. The van der Waals surface area contributed by atoms with Crippen LogP contribution in [-0.4, -0.2) is 59.5 Å². The molecule has 0 aliphatic carbocycles. The second-order valence-corrected chi connectivity index (χ2v) is 7.17. The summed E-state index contributed by atoms with van der Waals surface area (Å²) >= 11 is 12.3. The number of anilines is 1. The van der Waals surface area contributed by atoms with Gasteiger partial charge in [-0.3, -0.25) is 9.59 Å². The van der Waals surface area contributed by atoms with Crippen LogP contribution in [0, 0.1) is 0 Å². The molecule has 1 saturated heterocycles. The maximum absolute atomic E-state index is 12.0. The molecule has 0 N–H and O–H groups in total. The van der Waals surface area contributed by atoms with Gasteiger partial charge in [-0.15, -0.1) is 0 Å². The summed E-state index contributed by atoms with van der Waals surface area (Å²) in [5.41, 5.74) is 0.703. The van der Waals surface area contributed by atoms with Crippen LogP contribution in [0.3, 0.4) is 0 Å². The summed E-state index contributed by atoms with van der Waals surface area (Å²) in [6, 6.07) is 5.28. The smallest absolute Gasteiger partial charge is 0.303 e. The Morgan fingerprint density at radius 3 is 2.28 bits per heavy atom. The van der Waals surface area contributed by atoms with Crippen LogP contribution in [0.5, 0.6) is 5.75 Å². The number of halogens is 2. The lowest BCUT2D eigenvalue weighted by Crippen LogP contribution is -2.50. The molecule has 2 aromatic rings. The predicted molar refractivity (Wildman–Crippen MR) is 108 cm³/mol. The molecular formula is C19H20Cl2N4O4. The lowest BCUT2D eigenvalue weighted by atomic mass is 10.2. The van der Waals surface area contributed by atoms with E-state index in [1.807, 2.05) is 4.90 Å². The zero-order chi connectivity index (χ0) is 20.8. The third-order valence-electron chi connectivity index (χ3n) is 4.37. The van der Waals surface area contributed by atoms with Crippen molar-refractivity contribution in [2.75, 3.05) is 37.7 Å². The van der Waals surface area contributed by atoms with Gasteiger partial charge in [0.05, 0.1) is 12.4 Å². The van der Waals surface area contributed by atoms with Gasteiger partial charge in [0.15, 0.2) is 12.4 Å². The molecular weight excluding hydrogens is 419 g/mol. The van der Waals surface area contributed by atoms with Crippen molar-refractivity contribution in [3.05, 3.63) is 46.2 Å². The summed E-state index contributed by atoms with van der Waals surface area (Å²) < 4.78 is 10.4. The molecule has 0 bridgehead atoms. The molecule has 0 saturated carbocycles. The van der Waals surface area contributed by atoms with Crippen LogP contribution in [0.15, 0.2) is 30.6 Å². The Morgan fingerprint density at radius 1 is 1.07 bits per heavy atom. The molecule has 2 heterocycles. The highest BCUT2D eigenvalue weighted by molar-refractivity contribution is 6.35. The van der Waals surface area contributed by atoms with E-state index in [1.54, 1.807) is 35.5 Å². The number of amides is 1. The monoisotopic (exact) mass is 438 g/mol. The second kappa shape index (κ2) is 9.76. The first kappa shape index (κ1) is 21.1. The van der Waals surface area contributed by atoms with Gasteiger partial charge in [-0.2, -0.15) is 0 Å². The summed E-state index contributed by atoms with van der Waals surface area (Å²) in [4.78, 5) is 35.1. The van der Waals surface area contributed by atoms with Crippen LogP contribution in [0.2, 0.25) is 10.0 Å². The standard InChI is InChI=1S/C19H20Cl2N4O4/c1-13(26)28-12-18(27)24-5-7-25(8-6-24)19-22-9-14(10-23-19)29-11-15-16(20)3-2-4-17(15)21/h2-4,9-10H,5-8,11-12H2,1H3. The van der Waals surface area contributed by atoms with Gasteiger partial charge in [-0.25, -0.2) is 9.97 Å². The van der Waals surface area contributed by atoms with Crippen LogP contribution < -0.4 is 9.64 Å². The maximum atomic E-state index is 12.0. The van der Waals surface area contributed by atoms with E-state index >= 15 is 0 Å². The number of esters is 1. The van der Waals surface area contributed by atoms with Crippen molar-refractivity contribution in [1.82, 2.24) is 14.9 Å². The molecule has 154 valence electrons. The van der Waals surface area contributed by atoms with E-state index in [0.717, 1.165) is 0 Å². The van der Waals surface area contributed by atoms with Crippen LogP contribution in [0.1, 0.15) is 12.5 Å². The average molecular weight is 439 g/mol. The van der Waals surface area contributed by atoms with E-state index in [9.17, 15) is 9.59 Å². The minimum absolute atomic E-state index is 0.206. The van der Waals surface area contributed by atoms with Crippen molar-refractivity contribution in [3.63, 3.8) is 0 Å². The molecule has 1 aliphatic rings.